The van der Waals surface area contributed by atoms with Crippen LogP contribution in [0.4, 0.5) is 5.82 Å². The molecule has 3 nitrogen and oxygen atoms in total. The number of likely N-dealkylation sites (tertiary alicyclic amines) is 1. The average molecular weight is 259 g/mol. The van der Waals surface area contributed by atoms with Gasteiger partial charge in [0.1, 0.15) is 5.82 Å². The second-order valence-electron chi connectivity index (χ2n) is 6.38. The van der Waals surface area contributed by atoms with Crippen LogP contribution in [0, 0.1) is 0 Å². The molecule has 2 fully saturated rings. The molecule has 0 amide bonds. The first kappa shape index (κ1) is 12.9. The standard InChI is InChI=1S/C16H25N3/c1-5-12-6-16(17-8-15(12)11(2)3)19-10-13-7-14(19)9-18(13)4/h6,8,11,13-14H,5,7,9-10H2,1-4H3/t13-,14-/m1/s1. The van der Waals surface area contributed by atoms with Crippen molar-refractivity contribution in [1.29, 1.82) is 0 Å². The van der Waals surface area contributed by atoms with Gasteiger partial charge in [0.2, 0.25) is 0 Å². The van der Waals surface area contributed by atoms with Crippen LogP contribution in [-0.4, -0.2) is 42.1 Å². The van der Waals surface area contributed by atoms with E-state index in [1.165, 1.54) is 29.9 Å². The Hall–Kier alpha value is -1.09. The van der Waals surface area contributed by atoms with Gasteiger partial charge in [0.15, 0.2) is 0 Å². The summed E-state index contributed by atoms with van der Waals surface area (Å²) in [6.07, 6.45) is 4.52. The molecule has 0 radical (unpaired) electrons. The number of likely N-dealkylation sites (N-methyl/N-ethyl adjacent to an activating group) is 1. The minimum absolute atomic E-state index is 0.567. The zero-order valence-corrected chi connectivity index (χ0v) is 12.6. The monoisotopic (exact) mass is 259 g/mol. The molecule has 0 spiro atoms. The van der Waals surface area contributed by atoms with Crippen LogP contribution in [0.15, 0.2) is 12.3 Å². The van der Waals surface area contributed by atoms with Gasteiger partial charge in [0.05, 0.1) is 0 Å². The van der Waals surface area contributed by atoms with Gasteiger partial charge in [-0.25, -0.2) is 4.98 Å². The fourth-order valence-electron chi connectivity index (χ4n) is 3.62. The molecule has 0 unspecified atom stereocenters. The minimum atomic E-state index is 0.567. The molecule has 1 aromatic heterocycles. The van der Waals surface area contributed by atoms with Gasteiger partial charge in [0, 0.05) is 31.4 Å². The Morgan fingerprint density at radius 3 is 2.63 bits per heavy atom. The number of fused-ring (bicyclic) bond motifs is 2. The van der Waals surface area contributed by atoms with Crippen LogP contribution in [0.3, 0.4) is 0 Å². The number of aryl methyl sites for hydroxylation is 1. The van der Waals surface area contributed by atoms with Crippen molar-refractivity contribution in [1.82, 2.24) is 9.88 Å². The molecule has 2 saturated heterocycles. The Labute approximate surface area is 116 Å². The predicted octanol–water partition coefficient (Wildman–Crippen LogP) is 2.66. The molecule has 3 heterocycles. The third kappa shape index (κ3) is 2.14. The second kappa shape index (κ2) is 4.78. The Morgan fingerprint density at radius 2 is 2.11 bits per heavy atom. The Morgan fingerprint density at radius 1 is 1.32 bits per heavy atom. The average Bonchev–Trinajstić information content (AvgIpc) is 2.96. The van der Waals surface area contributed by atoms with E-state index < -0.39 is 0 Å². The number of aromatic nitrogens is 1. The van der Waals surface area contributed by atoms with Crippen molar-refractivity contribution < 1.29 is 0 Å². The highest BCUT2D eigenvalue weighted by molar-refractivity contribution is 5.48. The van der Waals surface area contributed by atoms with Gasteiger partial charge in [-0.3, -0.25) is 4.90 Å². The molecule has 0 saturated carbocycles. The number of hydrogen-bond donors (Lipinski definition) is 0. The molecule has 0 N–H and O–H groups in total. The maximum atomic E-state index is 4.74. The molecular formula is C16H25N3. The summed E-state index contributed by atoms with van der Waals surface area (Å²) in [5.74, 6) is 1.76. The summed E-state index contributed by atoms with van der Waals surface area (Å²) in [5.41, 5.74) is 2.88. The largest absolute Gasteiger partial charge is 0.351 e. The summed E-state index contributed by atoms with van der Waals surface area (Å²) in [7, 11) is 2.24. The van der Waals surface area contributed by atoms with Gasteiger partial charge in [-0.2, -0.15) is 0 Å². The number of anilines is 1. The normalized spacial score (nSPS) is 26.7. The van der Waals surface area contributed by atoms with Crippen molar-refractivity contribution in [3.63, 3.8) is 0 Å². The van der Waals surface area contributed by atoms with Crippen LogP contribution < -0.4 is 4.90 Å². The summed E-state index contributed by atoms with van der Waals surface area (Å²) in [5, 5.41) is 0. The SMILES string of the molecule is CCc1cc(N2C[C@H]3C[C@@H]2CN3C)ncc1C(C)C. The lowest BCUT2D eigenvalue weighted by Gasteiger charge is -2.33. The summed E-state index contributed by atoms with van der Waals surface area (Å²) < 4.78 is 0. The highest BCUT2D eigenvalue weighted by atomic mass is 15.4. The van der Waals surface area contributed by atoms with E-state index in [0.29, 0.717) is 12.0 Å². The van der Waals surface area contributed by atoms with Crippen molar-refractivity contribution in [2.75, 3.05) is 25.0 Å². The van der Waals surface area contributed by atoms with E-state index in [2.05, 4.69) is 49.9 Å². The molecule has 2 atom stereocenters. The summed E-state index contributed by atoms with van der Waals surface area (Å²) in [6.45, 7) is 9.10. The van der Waals surface area contributed by atoms with E-state index in [1.807, 2.05) is 0 Å². The van der Waals surface area contributed by atoms with Crippen molar-refractivity contribution in [3.8, 4) is 0 Å². The molecule has 2 aliphatic rings. The zero-order chi connectivity index (χ0) is 13.6. The van der Waals surface area contributed by atoms with Crippen LogP contribution in [0.1, 0.15) is 44.2 Å². The Bertz CT molecular complexity index is 467. The molecule has 104 valence electrons. The fourth-order valence-corrected chi connectivity index (χ4v) is 3.62. The van der Waals surface area contributed by atoms with Gasteiger partial charge in [-0.05, 0) is 43.0 Å². The fraction of sp³-hybridized carbons (Fsp3) is 0.688. The van der Waals surface area contributed by atoms with E-state index in [0.717, 1.165) is 19.0 Å². The molecule has 3 heteroatoms. The van der Waals surface area contributed by atoms with Crippen LogP contribution >= 0.6 is 0 Å². The maximum Gasteiger partial charge on any atom is 0.129 e. The molecule has 0 aliphatic carbocycles. The number of piperazine rings is 1. The van der Waals surface area contributed by atoms with Crippen molar-refractivity contribution in [2.24, 2.45) is 0 Å². The Balaban J connectivity index is 1.87. The van der Waals surface area contributed by atoms with Crippen LogP contribution in [0.25, 0.3) is 0 Å². The van der Waals surface area contributed by atoms with Gasteiger partial charge in [-0.1, -0.05) is 20.8 Å². The van der Waals surface area contributed by atoms with E-state index in [1.54, 1.807) is 0 Å². The van der Waals surface area contributed by atoms with E-state index >= 15 is 0 Å². The van der Waals surface area contributed by atoms with Gasteiger partial charge >= 0.3 is 0 Å². The zero-order valence-electron chi connectivity index (χ0n) is 12.6. The van der Waals surface area contributed by atoms with E-state index in [-0.39, 0.29) is 0 Å². The lowest BCUT2D eigenvalue weighted by atomic mass is 9.98. The summed E-state index contributed by atoms with van der Waals surface area (Å²) >= 11 is 0. The maximum absolute atomic E-state index is 4.74. The van der Waals surface area contributed by atoms with Crippen molar-refractivity contribution in [2.45, 2.75) is 51.6 Å². The second-order valence-corrected chi connectivity index (χ2v) is 6.38. The third-order valence-corrected chi connectivity index (χ3v) is 4.82. The first-order valence-corrected chi connectivity index (χ1v) is 7.55. The lowest BCUT2D eigenvalue weighted by Crippen LogP contribution is -2.44. The number of nitrogens with zero attached hydrogens (tertiary/aromatic N) is 3. The Kier molecular flexibility index (Phi) is 3.25. The smallest absolute Gasteiger partial charge is 0.129 e. The van der Waals surface area contributed by atoms with Gasteiger partial charge < -0.3 is 4.90 Å². The van der Waals surface area contributed by atoms with E-state index in [9.17, 15) is 0 Å². The van der Waals surface area contributed by atoms with Crippen molar-refractivity contribution in [3.05, 3.63) is 23.4 Å². The van der Waals surface area contributed by atoms with Crippen molar-refractivity contribution >= 4 is 5.82 Å². The van der Waals surface area contributed by atoms with Crippen LogP contribution in [-0.2, 0) is 6.42 Å². The molecule has 0 aromatic carbocycles. The summed E-state index contributed by atoms with van der Waals surface area (Å²) in [4.78, 5) is 9.75. The first-order chi connectivity index (χ1) is 9.10. The summed E-state index contributed by atoms with van der Waals surface area (Å²) in [6, 6.07) is 3.74. The quantitative estimate of drug-likeness (QED) is 0.832. The van der Waals surface area contributed by atoms with Gasteiger partial charge in [0.25, 0.3) is 0 Å². The van der Waals surface area contributed by atoms with Gasteiger partial charge in [-0.15, -0.1) is 0 Å². The molecule has 3 rings (SSSR count). The highest BCUT2D eigenvalue weighted by Crippen LogP contribution is 2.33. The van der Waals surface area contributed by atoms with Crippen LogP contribution in [0.5, 0.6) is 0 Å². The number of pyridine rings is 1. The minimum Gasteiger partial charge on any atom is -0.351 e. The topological polar surface area (TPSA) is 19.4 Å². The lowest BCUT2D eigenvalue weighted by molar-refractivity contribution is 0.292. The molecule has 2 aliphatic heterocycles. The first-order valence-electron chi connectivity index (χ1n) is 7.55. The third-order valence-electron chi connectivity index (χ3n) is 4.82. The number of hydrogen-bond acceptors (Lipinski definition) is 3. The molecule has 1 aromatic rings. The number of rotatable bonds is 3. The molecule has 19 heavy (non-hydrogen) atoms. The highest BCUT2D eigenvalue weighted by Gasteiger charge is 2.41. The van der Waals surface area contributed by atoms with E-state index in [4.69, 9.17) is 4.98 Å². The molecule has 2 bridgehead atoms. The molecular weight excluding hydrogens is 234 g/mol. The van der Waals surface area contributed by atoms with Crippen LogP contribution in [0.2, 0.25) is 0 Å². The predicted molar refractivity (Wildman–Crippen MR) is 79.9 cm³/mol.